The van der Waals surface area contributed by atoms with Crippen LogP contribution in [0.4, 0.5) is 5.69 Å². The Kier molecular flexibility index (Phi) is 7.49. The number of halogens is 1. The third kappa shape index (κ3) is 6.48. The molecule has 7 heteroatoms. The highest BCUT2D eigenvalue weighted by atomic mass is 35.5. The normalized spacial score (nSPS) is 15.7. The van der Waals surface area contributed by atoms with Crippen LogP contribution in [-0.2, 0) is 16.1 Å². The Morgan fingerprint density at radius 2 is 1.76 bits per heavy atom. The van der Waals surface area contributed by atoms with Crippen LogP contribution in [0.15, 0.2) is 54.6 Å². The minimum Gasteiger partial charge on any atom is -0.481 e. The number of benzene rings is 2. The minimum absolute atomic E-state index is 0.0172. The molecule has 0 radical (unpaired) electrons. The Labute approximate surface area is 176 Å². The predicted octanol–water partition coefficient (Wildman–Crippen LogP) is 2.87. The first-order valence-corrected chi connectivity index (χ1v) is 10.2. The fourth-order valence-electron chi connectivity index (χ4n) is 3.50. The number of rotatable bonds is 8. The van der Waals surface area contributed by atoms with Crippen molar-refractivity contribution in [3.63, 3.8) is 0 Å². The fraction of sp³-hybridized carbons (Fsp3) is 0.364. The van der Waals surface area contributed by atoms with E-state index in [0.717, 1.165) is 37.4 Å². The zero-order valence-corrected chi connectivity index (χ0v) is 17.0. The molecule has 2 N–H and O–H groups in total. The summed E-state index contributed by atoms with van der Waals surface area (Å²) < 4.78 is 0. The van der Waals surface area contributed by atoms with E-state index in [2.05, 4.69) is 15.1 Å². The number of anilines is 1. The number of hydrogen-bond acceptors (Lipinski definition) is 4. The van der Waals surface area contributed by atoms with Crippen molar-refractivity contribution in [2.75, 3.05) is 37.6 Å². The lowest BCUT2D eigenvalue weighted by Crippen LogP contribution is -2.49. The number of aliphatic carboxylic acids is 1. The molecule has 1 saturated heterocycles. The van der Waals surface area contributed by atoms with Crippen molar-refractivity contribution in [3.05, 3.63) is 65.2 Å². The van der Waals surface area contributed by atoms with E-state index in [4.69, 9.17) is 11.6 Å². The first kappa shape index (κ1) is 21.1. The second-order valence-electron chi connectivity index (χ2n) is 7.27. The molecule has 154 valence electrons. The van der Waals surface area contributed by atoms with E-state index < -0.39 is 11.9 Å². The number of carboxylic acids is 1. The molecule has 0 saturated carbocycles. The average Bonchev–Trinajstić information content (AvgIpc) is 2.73. The monoisotopic (exact) mass is 415 g/mol. The first-order valence-electron chi connectivity index (χ1n) is 9.77. The molecule has 1 unspecified atom stereocenters. The van der Waals surface area contributed by atoms with Crippen LogP contribution in [0.25, 0.3) is 0 Å². The van der Waals surface area contributed by atoms with Gasteiger partial charge in [0.15, 0.2) is 0 Å². The Hall–Kier alpha value is -2.57. The highest BCUT2D eigenvalue weighted by Crippen LogP contribution is 2.21. The second-order valence-corrected chi connectivity index (χ2v) is 7.71. The molecule has 2 aromatic carbocycles. The van der Waals surface area contributed by atoms with E-state index in [-0.39, 0.29) is 12.3 Å². The topological polar surface area (TPSA) is 72.9 Å². The van der Waals surface area contributed by atoms with Crippen LogP contribution in [0.1, 0.15) is 12.0 Å². The summed E-state index contributed by atoms with van der Waals surface area (Å²) in [5.41, 5.74) is 2.07. The van der Waals surface area contributed by atoms with Crippen molar-refractivity contribution < 1.29 is 14.7 Å². The summed E-state index contributed by atoms with van der Waals surface area (Å²) in [5, 5.41) is 13.1. The molecule has 1 amide bonds. The quantitative estimate of drug-likeness (QED) is 0.693. The van der Waals surface area contributed by atoms with E-state index in [0.29, 0.717) is 18.1 Å². The minimum atomic E-state index is -0.933. The van der Waals surface area contributed by atoms with E-state index in [9.17, 15) is 14.7 Å². The zero-order valence-electron chi connectivity index (χ0n) is 16.3. The number of nitrogens with zero attached hydrogens (tertiary/aromatic N) is 2. The lowest BCUT2D eigenvalue weighted by atomic mass is 10.0. The van der Waals surface area contributed by atoms with E-state index >= 15 is 0 Å². The summed E-state index contributed by atoms with van der Waals surface area (Å²) in [5.74, 6) is -1.89. The number of amides is 1. The van der Waals surface area contributed by atoms with Crippen LogP contribution in [0.5, 0.6) is 0 Å². The molecule has 0 aliphatic carbocycles. The number of nitrogens with one attached hydrogen (secondary N) is 1. The number of piperazine rings is 1. The van der Waals surface area contributed by atoms with Gasteiger partial charge in [0.1, 0.15) is 0 Å². The van der Waals surface area contributed by atoms with Crippen molar-refractivity contribution >= 4 is 29.2 Å². The molecule has 1 aliphatic rings. The van der Waals surface area contributed by atoms with Crippen molar-refractivity contribution in [2.45, 2.75) is 13.0 Å². The summed E-state index contributed by atoms with van der Waals surface area (Å²) in [6, 6.07) is 17.3. The molecular formula is C22H26ClN3O3. The number of carbonyl (C=O) groups excluding carboxylic acids is 1. The molecule has 0 bridgehead atoms. The Bertz CT molecular complexity index is 823. The number of hydrogen-bond donors (Lipinski definition) is 2. The van der Waals surface area contributed by atoms with Gasteiger partial charge < -0.3 is 15.3 Å². The Balaban J connectivity index is 1.47. The van der Waals surface area contributed by atoms with Gasteiger partial charge in [0, 0.05) is 56.4 Å². The summed E-state index contributed by atoms with van der Waals surface area (Å²) in [6.07, 6.45) is -0.0172. The highest BCUT2D eigenvalue weighted by molar-refractivity contribution is 6.30. The van der Waals surface area contributed by atoms with Gasteiger partial charge >= 0.3 is 5.97 Å². The standard InChI is InChI=1S/C22H26ClN3O3/c23-19-7-4-8-20(14-19)26-11-9-25(10-12-26)16-18(22(28)29)13-21(27)24-15-17-5-2-1-3-6-17/h1-8,14,18H,9-13,15-16H2,(H,24,27)(H,28,29). The van der Waals surface area contributed by atoms with Gasteiger partial charge in [0.05, 0.1) is 5.92 Å². The van der Waals surface area contributed by atoms with E-state index in [1.54, 1.807) is 0 Å². The third-order valence-corrected chi connectivity index (χ3v) is 5.37. The van der Waals surface area contributed by atoms with Gasteiger partial charge in [0.2, 0.25) is 5.91 Å². The number of carboxylic acid groups (broad SMARTS) is 1. The molecule has 6 nitrogen and oxygen atoms in total. The van der Waals surface area contributed by atoms with Crippen molar-refractivity contribution in [1.29, 1.82) is 0 Å². The fourth-order valence-corrected chi connectivity index (χ4v) is 3.68. The highest BCUT2D eigenvalue weighted by Gasteiger charge is 2.26. The maximum Gasteiger partial charge on any atom is 0.308 e. The predicted molar refractivity (Wildman–Crippen MR) is 114 cm³/mol. The van der Waals surface area contributed by atoms with E-state index in [1.165, 1.54) is 0 Å². The Morgan fingerprint density at radius 1 is 1.03 bits per heavy atom. The molecule has 1 heterocycles. The van der Waals surface area contributed by atoms with Crippen LogP contribution < -0.4 is 10.2 Å². The van der Waals surface area contributed by atoms with Gasteiger partial charge in [-0.3, -0.25) is 14.5 Å². The van der Waals surface area contributed by atoms with Crippen LogP contribution in [-0.4, -0.2) is 54.6 Å². The van der Waals surface area contributed by atoms with Crippen LogP contribution >= 0.6 is 11.6 Å². The van der Waals surface area contributed by atoms with Gasteiger partial charge in [-0.05, 0) is 23.8 Å². The van der Waals surface area contributed by atoms with Crippen molar-refractivity contribution in [3.8, 4) is 0 Å². The van der Waals surface area contributed by atoms with Crippen molar-refractivity contribution in [2.24, 2.45) is 5.92 Å². The third-order valence-electron chi connectivity index (χ3n) is 5.14. The van der Waals surface area contributed by atoms with Crippen LogP contribution in [0.2, 0.25) is 5.02 Å². The molecule has 0 aromatic heterocycles. The molecule has 1 atom stereocenters. The number of carbonyl (C=O) groups is 2. The van der Waals surface area contributed by atoms with Gasteiger partial charge in [-0.15, -0.1) is 0 Å². The lowest BCUT2D eigenvalue weighted by molar-refractivity contribution is -0.144. The molecule has 2 aromatic rings. The summed E-state index contributed by atoms with van der Waals surface area (Å²) in [6.45, 7) is 3.88. The molecule has 0 spiro atoms. The summed E-state index contributed by atoms with van der Waals surface area (Å²) in [4.78, 5) is 28.3. The summed E-state index contributed by atoms with van der Waals surface area (Å²) in [7, 11) is 0. The largest absolute Gasteiger partial charge is 0.481 e. The van der Waals surface area contributed by atoms with Gasteiger partial charge in [0.25, 0.3) is 0 Å². The van der Waals surface area contributed by atoms with Crippen LogP contribution in [0.3, 0.4) is 0 Å². The van der Waals surface area contributed by atoms with Gasteiger partial charge in [-0.2, -0.15) is 0 Å². The first-order chi connectivity index (χ1) is 14.0. The molecule has 3 rings (SSSR count). The maximum atomic E-state index is 12.2. The Morgan fingerprint density at radius 3 is 2.41 bits per heavy atom. The second kappa shape index (κ2) is 10.3. The molecular weight excluding hydrogens is 390 g/mol. The van der Waals surface area contributed by atoms with Crippen LogP contribution in [0, 0.1) is 5.92 Å². The van der Waals surface area contributed by atoms with Gasteiger partial charge in [-0.1, -0.05) is 48.0 Å². The zero-order chi connectivity index (χ0) is 20.6. The average molecular weight is 416 g/mol. The molecule has 29 heavy (non-hydrogen) atoms. The maximum absolute atomic E-state index is 12.2. The summed E-state index contributed by atoms with van der Waals surface area (Å²) >= 11 is 6.07. The van der Waals surface area contributed by atoms with Crippen molar-refractivity contribution in [1.82, 2.24) is 10.2 Å². The SMILES string of the molecule is O=C(CC(CN1CCN(c2cccc(Cl)c2)CC1)C(=O)O)NCc1ccccc1. The van der Waals surface area contributed by atoms with E-state index in [1.807, 2.05) is 54.6 Å². The lowest BCUT2D eigenvalue weighted by Gasteiger charge is -2.37. The van der Waals surface area contributed by atoms with Gasteiger partial charge in [-0.25, -0.2) is 0 Å². The smallest absolute Gasteiger partial charge is 0.308 e. The molecule has 1 fully saturated rings. The molecule has 1 aliphatic heterocycles.